The Bertz CT molecular complexity index is 3030. The lowest BCUT2D eigenvalue weighted by atomic mass is 9.96. The van der Waals surface area contributed by atoms with E-state index in [2.05, 4.69) is 49.2 Å². The summed E-state index contributed by atoms with van der Waals surface area (Å²) >= 11 is 7.95. The Kier molecular flexibility index (Phi) is 16.4. The molecule has 2 aliphatic rings. The van der Waals surface area contributed by atoms with Gasteiger partial charge in [-0.1, -0.05) is 54.1 Å². The van der Waals surface area contributed by atoms with Crippen LogP contribution in [0.1, 0.15) is 55.2 Å². The number of halogens is 1. The molecule has 1 unspecified atom stereocenters. The number of carboxylic acids is 1. The van der Waals surface area contributed by atoms with Gasteiger partial charge < -0.3 is 34.8 Å². The van der Waals surface area contributed by atoms with Crippen LogP contribution < -0.4 is 19.8 Å². The Balaban J connectivity index is 0.937. The Labute approximate surface area is 427 Å². The van der Waals surface area contributed by atoms with Crippen molar-refractivity contribution in [3.8, 4) is 22.4 Å². The summed E-state index contributed by atoms with van der Waals surface area (Å²) in [5, 5.41) is 24.2. The van der Waals surface area contributed by atoms with Crippen molar-refractivity contribution in [2.75, 3.05) is 84.3 Å². The molecule has 6 aromatic rings. The predicted octanol–water partition coefficient (Wildman–Crippen LogP) is 10.3. The quantitative estimate of drug-likeness (QED) is 0.0569. The lowest BCUT2D eigenvalue weighted by Gasteiger charge is -2.37. The fourth-order valence-electron chi connectivity index (χ4n) is 9.78. The number of carbonyl (C=O) groups is 1. The summed E-state index contributed by atoms with van der Waals surface area (Å²) in [5.41, 5.74) is 6.76. The van der Waals surface area contributed by atoms with Gasteiger partial charge in [-0.15, -0.1) is 11.8 Å². The van der Waals surface area contributed by atoms with Gasteiger partial charge in [-0.05, 0) is 149 Å². The molecule has 71 heavy (non-hydrogen) atoms. The van der Waals surface area contributed by atoms with Crippen LogP contribution in [-0.4, -0.2) is 113 Å². The van der Waals surface area contributed by atoms with E-state index in [1.165, 1.54) is 12.1 Å². The van der Waals surface area contributed by atoms with E-state index in [0.29, 0.717) is 65.5 Å². The molecule has 0 bridgehead atoms. The highest BCUT2D eigenvalue weighted by molar-refractivity contribution is 7.99. The van der Waals surface area contributed by atoms with Crippen LogP contribution in [0.2, 0.25) is 5.02 Å². The topological polar surface area (TPSA) is 165 Å². The van der Waals surface area contributed by atoms with Crippen LogP contribution in [0.4, 0.5) is 22.7 Å². The van der Waals surface area contributed by atoms with Gasteiger partial charge in [0, 0.05) is 102 Å². The number of sulfonamides is 1. The highest BCUT2D eigenvalue weighted by Crippen LogP contribution is 2.42. The monoisotopic (exact) mass is 1040 g/mol. The maximum absolute atomic E-state index is 13.9. The molecule has 1 atom stereocenters. The summed E-state index contributed by atoms with van der Waals surface area (Å²) in [5.74, 6) is 0.0143. The molecule has 4 N–H and O–H groups in total. The number of hydrogen-bond donors (Lipinski definition) is 4. The average Bonchev–Trinajstić information content (AvgIpc) is 3.68. The van der Waals surface area contributed by atoms with Crippen molar-refractivity contribution in [2.45, 2.75) is 66.8 Å². The minimum atomic E-state index is -4.18. The molecule has 8 rings (SSSR count). The second-order valence-corrected chi connectivity index (χ2v) is 24.0. The maximum atomic E-state index is 13.9. The van der Waals surface area contributed by atoms with Crippen molar-refractivity contribution >= 4 is 71.9 Å². The first-order valence-corrected chi connectivity index (χ1v) is 28.8. The number of benzene rings is 5. The van der Waals surface area contributed by atoms with Crippen LogP contribution in [0.5, 0.6) is 0 Å². The van der Waals surface area contributed by atoms with E-state index in [9.17, 15) is 31.8 Å². The van der Waals surface area contributed by atoms with E-state index in [1.54, 1.807) is 30.0 Å². The number of nitrogens with zero attached hydrogens (tertiary/aromatic N) is 4. The molecule has 0 saturated carbocycles. The number of anilines is 4. The van der Waals surface area contributed by atoms with Gasteiger partial charge in [0.15, 0.2) is 9.84 Å². The van der Waals surface area contributed by atoms with Crippen molar-refractivity contribution in [1.82, 2.24) is 9.47 Å². The first-order valence-electron chi connectivity index (χ1n) is 24.1. The van der Waals surface area contributed by atoms with E-state index >= 15 is 0 Å². The zero-order valence-electron chi connectivity index (χ0n) is 40.6. The molecule has 0 radical (unpaired) electrons. The number of rotatable bonds is 19. The van der Waals surface area contributed by atoms with Gasteiger partial charge in [-0.2, -0.15) is 0 Å². The predicted molar refractivity (Wildman–Crippen MR) is 289 cm³/mol. The number of aliphatic hydroxyl groups excluding tert-OH is 1. The number of carboxylic acid groups (broad SMARTS) is 1. The van der Waals surface area contributed by atoms with Gasteiger partial charge in [-0.3, -0.25) is 4.72 Å². The summed E-state index contributed by atoms with van der Waals surface area (Å²) in [6, 6.07) is 36.9. The summed E-state index contributed by atoms with van der Waals surface area (Å²) in [4.78, 5) is 20.6. The average molecular weight is 1040 g/mol. The van der Waals surface area contributed by atoms with Crippen LogP contribution in [0, 0.1) is 12.8 Å². The van der Waals surface area contributed by atoms with Gasteiger partial charge in [0.05, 0.1) is 26.7 Å². The Morgan fingerprint density at radius 3 is 2.07 bits per heavy atom. The van der Waals surface area contributed by atoms with E-state index in [4.69, 9.17) is 11.6 Å². The number of piperazine rings is 1. The molecular weight excluding hydrogens is 976 g/mol. The smallest absolute Gasteiger partial charge is 0.338 e. The van der Waals surface area contributed by atoms with Crippen LogP contribution in [0.3, 0.4) is 0 Å². The number of aromatic carboxylic acids is 1. The first-order chi connectivity index (χ1) is 34.0. The number of nitrogens with one attached hydrogen (secondary N) is 2. The lowest BCUT2D eigenvalue weighted by molar-refractivity contribution is 0.0696. The first kappa shape index (κ1) is 51.9. The largest absolute Gasteiger partial charge is 0.478 e. The van der Waals surface area contributed by atoms with E-state index in [-0.39, 0.29) is 34.0 Å². The zero-order valence-corrected chi connectivity index (χ0v) is 43.8. The Morgan fingerprint density at radius 2 is 1.45 bits per heavy atom. The summed E-state index contributed by atoms with van der Waals surface area (Å²) in [7, 11) is -8.04. The third-order valence-corrected chi connectivity index (χ3v) is 17.5. The number of hydrogen-bond acceptors (Lipinski definition) is 11. The molecule has 2 aliphatic heterocycles. The van der Waals surface area contributed by atoms with Gasteiger partial charge in [0.25, 0.3) is 10.0 Å². The Morgan fingerprint density at radius 1 is 0.789 bits per heavy atom. The third-order valence-electron chi connectivity index (χ3n) is 13.5. The standard InChI is InChI=1S/C54H63ClN6O7S3/c1-37(2)61-38(3)51(54(63)64)52(53(61)40-13-15-42(55)16-14-40)41-9-8-10-46(33-41)60-31-29-59(30-32-60)45-19-17-43(18-20-45)57-71(67,68)48-21-22-49(50(34-48)70(4,65)66)56-44(36-69-47-11-6-5-7-12-47)25-28-58-26-23-39(35-62)24-27-58/h5-22,33-34,37,39,44,56-57,62H,23-32,35-36H2,1-4H3,(H,63,64). The maximum Gasteiger partial charge on any atom is 0.338 e. The van der Waals surface area contributed by atoms with E-state index in [0.717, 1.165) is 78.2 Å². The normalized spacial score (nSPS) is 15.5. The fourth-order valence-corrected chi connectivity index (χ4v) is 12.9. The minimum Gasteiger partial charge on any atom is -0.478 e. The molecule has 17 heteroatoms. The molecule has 5 aromatic carbocycles. The Hall–Kier alpha value is -5.49. The highest BCUT2D eigenvalue weighted by atomic mass is 35.5. The summed E-state index contributed by atoms with van der Waals surface area (Å²) < 4.78 is 59.1. The van der Waals surface area contributed by atoms with E-state index < -0.39 is 25.8 Å². The SMILES string of the molecule is Cc1c(C(=O)O)c(-c2cccc(N3CCN(c4ccc(NS(=O)(=O)c5ccc(NC(CCN6CCC(CO)CC6)CSc6ccccc6)c(S(C)(=O)=O)c5)cc4)CC3)c2)c(-c2ccc(Cl)cc2)n1C(C)C. The molecule has 3 heterocycles. The highest BCUT2D eigenvalue weighted by Gasteiger charge is 2.30. The number of aliphatic hydroxyl groups is 1. The molecule has 1 aromatic heterocycles. The molecule has 0 amide bonds. The summed E-state index contributed by atoms with van der Waals surface area (Å²) in [6.45, 7) is 11.6. The zero-order chi connectivity index (χ0) is 50.5. The van der Waals surface area contributed by atoms with Crippen molar-refractivity contribution in [2.24, 2.45) is 5.92 Å². The number of piperidine rings is 1. The van der Waals surface area contributed by atoms with E-state index in [1.807, 2.05) is 91.9 Å². The van der Waals surface area contributed by atoms with Crippen molar-refractivity contribution in [3.63, 3.8) is 0 Å². The van der Waals surface area contributed by atoms with Gasteiger partial charge in [0.2, 0.25) is 0 Å². The number of thioether (sulfide) groups is 1. The van der Waals surface area contributed by atoms with Crippen molar-refractivity contribution < 1.29 is 31.8 Å². The van der Waals surface area contributed by atoms with Gasteiger partial charge in [-0.25, -0.2) is 21.6 Å². The molecule has 0 aliphatic carbocycles. The molecule has 376 valence electrons. The van der Waals surface area contributed by atoms with Crippen LogP contribution >= 0.6 is 23.4 Å². The van der Waals surface area contributed by atoms with Crippen LogP contribution in [-0.2, 0) is 19.9 Å². The second-order valence-electron chi connectivity index (χ2n) is 18.8. The number of sulfone groups is 1. The molecule has 0 spiro atoms. The lowest BCUT2D eigenvalue weighted by Crippen LogP contribution is -2.46. The molecular formula is C54H63ClN6O7S3. The van der Waals surface area contributed by atoms with Crippen LogP contribution in [0.25, 0.3) is 22.4 Å². The van der Waals surface area contributed by atoms with Gasteiger partial charge >= 0.3 is 5.97 Å². The van der Waals surface area contributed by atoms with Crippen molar-refractivity contribution in [1.29, 1.82) is 0 Å². The fraction of sp³-hybridized carbons (Fsp3) is 0.352. The molecule has 2 fully saturated rings. The number of aromatic nitrogens is 1. The summed E-state index contributed by atoms with van der Waals surface area (Å²) in [6.07, 6.45) is 3.72. The molecule has 13 nitrogen and oxygen atoms in total. The molecule has 2 saturated heterocycles. The van der Waals surface area contributed by atoms with Crippen LogP contribution in [0.15, 0.2) is 136 Å². The third kappa shape index (κ3) is 12.4. The van der Waals surface area contributed by atoms with Gasteiger partial charge in [0.1, 0.15) is 0 Å². The van der Waals surface area contributed by atoms with Crippen molar-refractivity contribution in [3.05, 3.63) is 138 Å². The minimum absolute atomic E-state index is 0.00538. The number of likely N-dealkylation sites (tertiary alicyclic amines) is 1. The second kappa shape index (κ2) is 22.5.